The maximum absolute atomic E-state index is 13.7. The summed E-state index contributed by atoms with van der Waals surface area (Å²) in [6, 6.07) is 10.7. The van der Waals surface area contributed by atoms with E-state index in [1.54, 1.807) is 12.3 Å². The number of halogens is 2. The monoisotopic (exact) mass is 510 g/mol. The highest BCUT2D eigenvalue weighted by Gasteiger charge is 2.21. The Kier molecular flexibility index (Phi) is 7.99. The van der Waals surface area contributed by atoms with E-state index in [-0.39, 0.29) is 11.9 Å². The van der Waals surface area contributed by atoms with Crippen LogP contribution in [0, 0.1) is 11.7 Å². The van der Waals surface area contributed by atoms with Gasteiger partial charge in [0, 0.05) is 48.8 Å². The summed E-state index contributed by atoms with van der Waals surface area (Å²) in [5.74, 6) is 1.13. The van der Waals surface area contributed by atoms with E-state index in [2.05, 4.69) is 27.3 Å². The lowest BCUT2D eigenvalue weighted by Crippen LogP contribution is -2.37. The Morgan fingerprint density at radius 2 is 1.86 bits per heavy atom. The number of rotatable bonds is 7. The van der Waals surface area contributed by atoms with Crippen molar-refractivity contribution in [3.63, 3.8) is 0 Å². The fraction of sp³-hybridized carbons (Fsp3) is 0.429. The lowest BCUT2D eigenvalue weighted by molar-refractivity contribution is 0.108. The molecule has 6 nitrogen and oxygen atoms in total. The van der Waals surface area contributed by atoms with Crippen LogP contribution >= 0.6 is 11.6 Å². The molecule has 0 radical (unpaired) electrons. The molecule has 8 heteroatoms. The predicted molar refractivity (Wildman–Crippen MR) is 141 cm³/mol. The SMILES string of the molecule is OC1CCC(Cc2cc(-c3cnc(N4CCOCC4)c(NCc4cccc(F)c4)c3)c(Cl)cn2)CC1. The van der Waals surface area contributed by atoms with Gasteiger partial charge in [-0.2, -0.15) is 0 Å². The van der Waals surface area contributed by atoms with E-state index in [9.17, 15) is 9.50 Å². The van der Waals surface area contributed by atoms with Gasteiger partial charge in [0.15, 0.2) is 5.82 Å². The number of anilines is 2. The molecule has 3 heterocycles. The third kappa shape index (κ3) is 6.14. The molecule has 0 bridgehead atoms. The quantitative estimate of drug-likeness (QED) is 0.438. The van der Waals surface area contributed by atoms with Gasteiger partial charge >= 0.3 is 0 Å². The minimum absolute atomic E-state index is 0.163. The molecule has 0 atom stereocenters. The number of aromatic nitrogens is 2. The van der Waals surface area contributed by atoms with Crippen LogP contribution in [0.15, 0.2) is 48.8 Å². The van der Waals surface area contributed by atoms with Crippen molar-refractivity contribution in [2.45, 2.75) is 44.8 Å². The molecule has 1 saturated carbocycles. The Balaban J connectivity index is 1.42. The maximum Gasteiger partial charge on any atom is 0.152 e. The molecule has 2 aromatic heterocycles. The summed E-state index contributed by atoms with van der Waals surface area (Å²) < 4.78 is 19.2. The first-order valence-corrected chi connectivity index (χ1v) is 13.1. The van der Waals surface area contributed by atoms with Gasteiger partial charge in [0.1, 0.15) is 5.82 Å². The second-order valence-corrected chi connectivity index (χ2v) is 10.1. The standard InChI is InChI=1S/C28H32ClFN4O2/c29-26-18-31-23(13-19-4-6-24(35)7-5-19)15-25(26)21-14-27(32-16-20-2-1-3-22(30)12-20)28(33-17-21)34-8-10-36-11-9-34/h1-3,12,14-15,17-19,24,32,35H,4-11,13,16H2. The van der Waals surface area contributed by atoms with Crippen LogP contribution in [-0.4, -0.2) is 47.5 Å². The fourth-order valence-corrected chi connectivity index (χ4v) is 5.28. The van der Waals surface area contributed by atoms with Gasteiger partial charge in [0.05, 0.1) is 30.0 Å². The number of hydrogen-bond acceptors (Lipinski definition) is 6. The molecule has 3 aromatic rings. The summed E-state index contributed by atoms with van der Waals surface area (Å²) in [4.78, 5) is 11.6. The van der Waals surface area contributed by atoms with Crippen LogP contribution in [-0.2, 0) is 17.7 Å². The van der Waals surface area contributed by atoms with E-state index in [4.69, 9.17) is 21.3 Å². The van der Waals surface area contributed by atoms with Crippen LogP contribution < -0.4 is 10.2 Å². The van der Waals surface area contributed by atoms with Crippen molar-refractivity contribution in [1.29, 1.82) is 0 Å². The van der Waals surface area contributed by atoms with Crippen molar-refractivity contribution in [2.24, 2.45) is 5.92 Å². The molecule has 1 aliphatic carbocycles. The number of aliphatic hydroxyl groups is 1. The van der Waals surface area contributed by atoms with Gasteiger partial charge in [-0.25, -0.2) is 9.37 Å². The number of nitrogens with zero attached hydrogens (tertiary/aromatic N) is 3. The summed E-state index contributed by atoms with van der Waals surface area (Å²) in [5.41, 5.74) is 4.53. The molecular formula is C28H32ClFN4O2. The zero-order valence-corrected chi connectivity index (χ0v) is 21.1. The van der Waals surface area contributed by atoms with Crippen molar-refractivity contribution in [1.82, 2.24) is 9.97 Å². The van der Waals surface area contributed by atoms with E-state index >= 15 is 0 Å². The van der Waals surface area contributed by atoms with Crippen LogP contribution in [0.4, 0.5) is 15.9 Å². The smallest absolute Gasteiger partial charge is 0.152 e. The largest absolute Gasteiger partial charge is 0.393 e. The molecule has 0 spiro atoms. The zero-order chi connectivity index (χ0) is 24.9. The number of ether oxygens (including phenoxy) is 1. The number of nitrogens with one attached hydrogen (secondary N) is 1. The Morgan fingerprint density at radius 1 is 1.06 bits per heavy atom. The second-order valence-electron chi connectivity index (χ2n) is 9.71. The van der Waals surface area contributed by atoms with E-state index in [0.717, 1.165) is 79.1 Å². The first-order chi connectivity index (χ1) is 17.5. The van der Waals surface area contributed by atoms with Gasteiger partial charge in [0.2, 0.25) is 0 Å². The number of benzene rings is 1. The van der Waals surface area contributed by atoms with Gasteiger partial charge in [-0.05, 0) is 67.9 Å². The topological polar surface area (TPSA) is 70.5 Å². The van der Waals surface area contributed by atoms with E-state index in [0.29, 0.717) is 30.7 Å². The van der Waals surface area contributed by atoms with E-state index in [1.807, 2.05) is 12.3 Å². The first-order valence-electron chi connectivity index (χ1n) is 12.7. The van der Waals surface area contributed by atoms with Crippen molar-refractivity contribution >= 4 is 23.1 Å². The molecular weight excluding hydrogens is 479 g/mol. The first kappa shape index (κ1) is 24.9. The van der Waals surface area contributed by atoms with Gasteiger partial charge in [-0.1, -0.05) is 23.7 Å². The van der Waals surface area contributed by atoms with Crippen molar-refractivity contribution in [3.8, 4) is 11.1 Å². The second kappa shape index (κ2) is 11.5. The fourth-order valence-electron chi connectivity index (χ4n) is 5.07. The van der Waals surface area contributed by atoms with E-state index < -0.39 is 0 Å². The normalized spacial score (nSPS) is 20.4. The highest BCUT2D eigenvalue weighted by molar-refractivity contribution is 6.33. The van der Waals surface area contributed by atoms with Crippen molar-refractivity contribution < 1.29 is 14.2 Å². The Bertz CT molecular complexity index is 1180. The molecule has 1 saturated heterocycles. The van der Waals surface area contributed by atoms with Crippen LogP contribution in [0.3, 0.4) is 0 Å². The average molecular weight is 511 g/mol. The molecule has 1 aromatic carbocycles. The van der Waals surface area contributed by atoms with Crippen LogP contribution in [0.2, 0.25) is 5.02 Å². The highest BCUT2D eigenvalue weighted by Crippen LogP contribution is 2.35. The summed E-state index contributed by atoms with van der Waals surface area (Å²) >= 11 is 6.61. The Hall–Kier alpha value is -2.74. The van der Waals surface area contributed by atoms with E-state index in [1.165, 1.54) is 12.1 Å². The zero-order valence-electron chi connectivity index (χ0n) is 20.3. The third-order valence-electron chi connectivity index (χ3n) is 7.09. The summed E-state index contributed by atoms with van der Waals surface area (Å²) in [6.45, 7) is 3.31. The Labute approximate surface area is 216 Å². The molecule has 1 aliphatic heterocycles. The predicted octanol–water partition coefficient (Wildman–Crippen LogP) is 5.48. The van der Waals surface area contributed by atoms with Crippen molar-refractivity contribution in [3.05, 3.63) is 70.9 Å². The number of pyridine rings is 2. The van der Waals surface area contributed by atoms with Crippen LogP contribution in [0.25, 0.3) is 11.1 Å². The van der Waals surface area contributed by atoms with Gasteiger partial charge in [-0.15, -0.1) is 0 Å². The summed E-state index contributed by atoms with van der Waals surface area (Å²) in [7, 11) is 0. The third-order valence-corrected chi connectivity index (χ3v) is 7.39. The number of morpholine rings is 1. The van der Waals surface area contributed by atoms with Crippen LogP contribution in [0.5, 0.6) is 0 Å². The van der Waals surface area contributed by atoms with Crippen molar-refractivity contribution in [2.75, 3.05) is 36.5 Å². The minimum atomic E-state index is -0.252. The summed E-state index contributed by atoms with van der Waals surface area (Å²) in [6.07, 6.45) is 8.05. The van der Waals surface area contributed by atoms with Crippen LogP contribution in [0.1, 0.15) is 36.9 Å². The van der Waals surface area contributed by atoms with Gasteiger partial charge in [-0.3, -0.25) is 4.98 Å². The number of hydrogen-bond donors (Lipinski definition) is 2. The lowest BCUT2D eigenvalue weighted by atomic mass is 9.84. The maximum atomic E-state index is 13.7. The molecule has 190 valence electrons. The molecule has 36 heavy (non-hydrogen) atoms. The average Bonchev–Trinajstić information content (AvgIpc) is 2.90. The Morgan fingerprint density at radius 3 is 2.64 bits per heavy atom. The highest BCUT2D eigenvalue weighted by atomic mass is 35.5. The molecule has 5 rings (SSSR count). The minimum Gasteiger partial charge on any atom is -0.393 e. The summed E-state index contributed by atoms with van der Waals surface area (Å²) in [5, 5.41) is 13.9. The molecule has 0 unspecified atom stereocenters. The molecule has 2 fully saturated rings. The number of aliphatic hydroxyl groups excluding tert-OH is 1. The lowest BCUT2D eigenvalue weighted by Gasteiger charge is -2.30. The van der Waals surface area contributed by atoms with Gasteiger partial charge in [0.25, 0.3) is 0 Å². The molecule has 2 aliphatic rings. The molecule has 2 N–H and O–H groups in total. The molecule has 0 amide bonds. The van der Waals surface area contributed by atoms with Gasteiger partial charge < -0.3 is 20.1 Å².